The minimum atomic E-state index is -0.199. The van der Waals surface area contributed by atoms with Crippen molar-refractivity contribution in [3.8, 4) is 0 Å². The summed E-state index contributed by atoms with van der Waals surface area (Å²) in [6, 6.07) is 0.469. The molecule has 0 spiro atoms. The Bertz CT molecular complexity index is 102. The third-order valence-electron chi connectivity index (χ3n) is 2.04. The average Bonchev–Trinajstić information content (AvgIpc) is 2.52. The fourth-order valence-corrected chi connectivity index (χ4v) is 1.14. The second-order valence-electron chi connectivity index (χ2n) is 3.03. The highest BCUT2D eigenvalue weighted by Crippen LogP contribution is 2.03. The molecule has 2 atom stereocenters. The average molecular weight is 159 g/mol. The Morgan fingerprint density at radius 2 is 2.55 bits per heavy atom. The number of hydrogen-bond acceptors (Lipinski definition) is 3. The molecule has 1 rings (SSSR count). The van der Waals surface area contributed by atoms with Gasteiger partial charge >= 0.3 is 0 Å². The predicted octanol–water partition coefficient (Wildman–Crippen LogP) is 0.136. The van der Waals surface area contributed by atoms with Crippen molar-refractivity contribution in [2.75, 3.05) is 19.8 Å². The molecule has 3 heteroatoms. The quantitative estimate of drug-likeness (QED) is 0.613. The minimum Gasteiger partial charge on any atom is -0.392 e. The SMILES string of the molecule is CC[C@H](O)CNC1CCOC1. The van der Waals surface area contributed by atoms with Gasteiger partial charge in [-0.3, -0.25) is 0 Å². The van der Waals surface area contributed by atoms with Gasteiger partial charge in [-0.25, -0.2) is 0 Å². The second-order valence-corrected chi connectivity index (χ2v) is 3.03. The van der Waals surface area contributed by atoms with Gasteiger partial charge in [0.2, 0.25) is 0 Å². The Morgan fingerprint density at radius 1 is 1.73 bits per heavy atom. The fraction of sp³-hybridized carbons (Fsp3) is 1.00. The predicted molar refractivity (Wildman–Crippen MR) is 43.5 cm³/mol. The molecular weight excluding hydrogens is 142 g/mol. The number of nitrogens with one attached hydrogen (secondary N) is 1. The van der Waals surface area contributed by atoms with Crippen molar-refractivity contribution in [3.63, 3.8) is 0 Å². The third kappa shape index (κ3) is 3.18. The number of aliphatic hydroxyl groups is 1. The van der Waals surface area contributed by atoms with Gasteiger partial charge in [0, 0.05) is 19.2 Å². The fourth-order valence-electron chi connectivity index (χ4n) is 1.14. The Kier molecular flexibility index (Phi) is 3.83. The Morgan fingerprint density at radius 3 is 3.09 bits per heavy atom. The first-order valence-electron chi connectivity index (χ1n) is 4.32. The zero-order chi connectivity index (χ0) is 8.10. The van der Waals surface area contributed by atoms with Crippen LogP contribution in [-0.4, -0.2) is 37.0 Å². The maximum absolute atomic E-state index is 9.21. The Hall–Kier alpha value is -0.120. The lowest BCUT2D eigenvalue weighted by molar-refractivity contribution is 0.156. The second kappa shape index (κ2) is 4.70. The Labute approximate surface area is 67.7 Å². The molecule has 3 nitrogen and oxygen atoms in total. The molecule has 0 saturated carbocycles. The molecular formula is C8H17NO2. The summed E-state index contributed by atoms with van der Waals surface area (Å²) in [6.45, 7) is 4.35. The van der Waals surface area contributed by atoms with E-state index in [9.17, 15) is 5.11 Å². The van der Waals surface area contributed by atoms with Crippen LogP contribution in [0.2, 0.25) is 0 Å². The van der Waals surface area contributed by atoms with Crippen LogP contribution in [0.25, 0.3) is 0 Å². The lowest BCUT2D eigenvalue weighted by Crippen LogP contribution is -2.35. The highest BCUT2D eigenvalue weighted by molar-refractivity contribution is 4.72. The van der Waals surface area contributed by atoms with Gasteiger partial charge in [-0.2, -0.15) is 0 Å². The van der Waals surface area contributed by atoms with Gasteiger partial charge in [-0.05, 0) is 12.8 Å². The van der Waals surface area contributed by atoms with E-state index in [4.69, 9.17) is 4.74 Å². The number of aliphatic hydroxyl groups excluding tert-OH is 1. The van der Waals surface area contributed by atoms with Crippen molar-refractivity contribution in [1.29, 1.82) is 0 Å². The van der Waals surface area contributed by atoms with Crippen LogP contribution in [0.1, 0.15) is 19.8 Å². The van der Waals surface area contributed by atoms with Gasteiger partial charge in [0.05, 0.1) is 12.7 Å². The van der Waals surface area contributed by atoms with Crippen LogP contribution in [0, 0.1) is 0 Å². The van der Waals surface area contributed by atoms with E-state index in [0.29, 0.717) is 12.6 Å². The van der Waals surface area contributed by atoms with Crippen molar-refractivity contribution >= 4 is 0 Å². The van der Waals surface area contributed by atoms with E-state index in [2.05, 4.69) is 5.32 Å². The van der Waals surface area contributed by atoms with E-state index in [-0.39, 0.29) is 6.10 Å². The van der Waals surface area contributed by atoms with Gasteiger partial charge in [0.1, 0.15) is 0 Å². The lowest BCUT2D eigenvalue weighted by atomic mass is 10.2. The van der Waals surface area contributed by atoms with Crippen LogP contribution >= 0.6 is 0 Å². The van der Waals surface area contributed by atoms with Crippen molar-refractivity contribution in [1.82, 2.24) is 5.32 Å². The summed E-state index contributed by atoms with van der Waals surface area (Å²) in [4.78, 5) is 0. The van der Waals surface area contributed by atoms with Crippen molar-refractivity contribution in [3.05, 3.63) is 0 Å². The molecule has 1 aliphatic rings. The first kappa shape index (κ1) is 8.97. The van der Waals surface area contributed by atoms with Crippen molar-refractivity contribution < 1.29 is 9.84 Å². The van der Waals surface area contributed by atoms with E-state index < -0.39 is 0 Å². The zero-order valence-electron chi connectivity index (χ0n) is 7.05. The summed E-state index contributed by atoms with van der Waals surface area (Å²) >= 11 is 0. The molecule has 2 N–H and O–H groups in total. The smallest absolute Gasteiger partial charge is 0.0662 e. The van der Waals surface area contributed by atoms with E-state index in [1.165, 1.54) is 0 Å². The molecule has 0 aromatic heterocycles. The monoisotopic (exact) mass is 159 g/mol. The molecule has 1 fully saturated rings. The molecule has 0 aromatic rings. The number of ether oxygens (including phenoxy) is 1. The summed E-state index contributed by atoms with van der Waals surface area (Å²) in [5.74, 6) is 0. The van der Waals surface area contributed by atoms with Crippen LogP contribution in [-0.2, 0) is 4.74 Å². The van der Waals surface area contributed by atoms with Gasteiger partial charge in [0.25, 0.3) is 0 Å². The van der Waals surface area contributed by atoms with E-state index in [1.54, 1.807) is 0 Å². The summed E-state index contributed by atoms with van der Waals surface area (Å²) in [5, 5.41) is 12.5. The molecule has 1 aliphatic heterocycles. The molecule has 0 aromatic carbocycles. The van der Waals surface area contributed by atoms with Crippen LogP contribution < -0.4 is 5.32 Å². The maximum atomic E-state index is 9.21. The topological polar surface area (TPSA) is 41.5 Å². The van der Waals surface area contributed by atoms with Gasteiger partial charge < -0.3 is 15.2 Å². The van der Waals surface area contributed by atoms with Crippen LogP contribution in [0.15, 0.2) is 0 Å². The molecule has 0 bridgehead atoms. The summed E-state index contributed by atoms with van der Waals surface area (Å²) in [7, 11) is 0. The lowest BCUT2D eigenvalue weighted by Gasteiger charge is -2.13. The minimum absolute atomic E-state index is 0.199. The molecule has 1 heterocycles. The molecule has 1 unspecified atom stereocenters. The van der Waals surface area contributed by atoms with E-state index >= 15 is 0 Å². The van der Waals surface area contributed by atoms with Crippen LogP contribution in [0.5, 0.6) is 0 Å². The first-order valence-corrected chi connectivity index (χ1v) is 4.32. The molecule has 66 valence electrons. The van der Waals surface area contributed by atoms with Crippen molar-refractivity contribution in [2.24, 2.45) is 0 Å². The van der Waals surface area contributed by atoms with Gasteiger partial charge in [-0.15, -0.1) is 0 Å². The number of hydrogen-bond donors (Lipinski definition) is 2. The standard InChI is InChI=1S/C8H17NO2/c1-2-8(10)5-9-7-3-4-11-6-7/h7-10H,2-6H2,1H3/t7?,8-/m0/s1. The Balaban J connectivity index is 2.01. The zero-order valence-corrected chi connectivity index (χ0v) is 7.05. The molecule has 11 heavy (non-hydrogen) atoms. The summed E-state index contributed by atoms with van der Waals surface area (Å²) in [6.07, 6.45) is 1.70. The van der Waals surface area contributed by atoms with E-state index in [0.717, 1.165) is 26.1 Å². The molecule has 0 radical (unpaired) electrons. The van der Waals surface area contributed by atoms with Crippen molar-refractivity contribution in [2.45, 2.75) is 31.9 Å². The maximum Gasteiger partial charge on any atom is 0.0662 e. The highest BCUT2D eigenvalue weighted by Gasteiger charge is 2.15. The van der Waals surface area contributed by atoms with E-state index in [1.807, 2.05) is 6.92 Å². The van der Waals surface area contributed by atoms with Gasteiger partial charge in [-0.1, -0.05) is 6.92 Å². The third-order valence-corrected chi connectivity index (χ3v) is 2.04. The largest absolute Gasteiger partial charge is 0.392 e. The highest BCUT2D eigenvalue weighted by atomic mass is 16.5. The van der Waals surface area contributed by atoms with Crippen LogP contribution in [0.4, 0.5) is 0 Å². The molecule has 0 aliphatic carbocycles. The van der Waals surface area contributed by atoms with Crippen LogP contribution in [0.3, 0.4) is 0 Å². The summed E-state index contributed by atoms with van der Waals surface area (Å²) < 4.78 is 5.18. The summed E-state index contributed by atoms with van der Waals surface area (Å²) in [5.41, 5.74) is 0. The molecule has 0 amide bonds. The first-order chi connectivity index (χ1) is 5.33. The normalized spacial score (nSPS) is 27.3. The molecule has 1 saturated heterocycles. The van der Waals surface area contributed by atoms with Gasteiger partial charge in [0.15, 0.2) is 0 Å². The number of rotatable bonds is 4.